The summed E-state index contributed by atoms with van der Waals surface area (Å²) in [6.07, 6.45) is 1.49. The molecule has 2 aromatic carbocycles. The molecule has 1 heterocycles. The van der Waals surface area contributed by atoms with Gasteiger partial charge in [0.05, 0.1) is 6.04 Å². The molecule has 3 rings (SSSR count). The third-order valence-corrected chi connectivity index (χ3v) is 4.93. The average Bonchev–Trinajstić information content (AvgIpc) is 3.14. The molecule has 0 saturated carbocycles. The number of amides is 1. The average molecular weight is 352 g/mol. The van der Waals surface area contributed by atoms with Gasteiger partial charge in [-0.2, -0.15) is 5.10 Å². The molecule has 0 aliphatic rings. The number of carbonyl (C=O) groups excluding carboxylic acids is 1. The molecule has 0 saturated heterocycles. The van der Waals surface area contributed by atoms with Gasteiger partial charge in [-0.15, -0.1) is 0 Å². The fraction of sp³-hybridized carbons (Fsp3) is 0.211. The third kappa shape index (κ3) is 4.48. The summed E-state index contributed by atoms with van der Waals surface area (Å²) in [6, 6.07) is 15.7. The molecule has 0 unspecified atom stereocenters. The van der Waals surface area contributed by atoms with Crippen LogP contribution in [-0.4, -0.2) is 21.1 Å². The summed E-state index contributed by atoms with van der Waals surface area (Å²) < 4.78 is 0. The molecular weight excluding hydrogens is 332 g/mol. The third-order valence-electron chi connectivity index (χ3n) is 3.99. The second-order valence-electron chi connectivity index (χ2n) is 5.83. The molecule has 6 heteroatoms. The van der Waals surface area contributed by atoms with Crippen molar-refractivity contribution in [1.82, 2.24) is 20.5 Å². The number of hydrogen-bond donors (Lipinski definition) is 2. The minimum atomic E-state index is -0.0646. The van der Waals surface area contributed by atoms with Crippen molar-refractivity contribution in [3.8, 4) is 0 Å². The Kier molecular flexibility index (Phi) is 5.50. The van der Waals surface area contributed by atoms with Gasteiger partial charge in [0.15, 0.2) is 5.16 Å². The molecule has 3 aromatic rings. The van der Waals surface area contributed by atoms with E-state index in [4.69, 9.17) is 0 Å². The van der Waals surface area contributed by atoms with Crippen LogP contribution in [0, 0.1) is 6.92 Å². The molecule has 1 atom stereocenters. The first-order chi connectivity index (χ1) is 12.1. The van der Waals surface area contributed by atoms with Crippen LogP contribution < -0.4 is 5.32 Å². The Balaban J connectivity index is 1.59. The number of aromatic amines is 1. The number of aryl methyl sites for hydroxylation is 1. The summed E-state index contributed by atoms with van der Waals surface area (Å²) in [4.78, 5) is 16.5. The highest BCUT2D eigenvalue weighted by Crippen LogP contribution is 2.20. The molecule has 0 radical (unpaired) electrons. The van der Waals surface area contributed by atoms with Crippen molar-refractivity contribution in [2.24, 2.45) is 0 Å². The maximum absolute atomic E-state index is 12.5. The molecule has 1 amide bonds. The number of thioether (sulfide) groups is 1. The zero-order valence-electron chi connectivity index (χ0n) is 14.2. The van der Waals surface area contributed by atoms with E-state index in [9.17, 15) is 4.79 Å². The number of rotatable bonds is 6. The minimum absolute atomic E-state index is 0.0321. The topological polar surface area (TPSA) is 70.7 Å². The van der Waals surface area contributed by atoms with Gasteiger partial charge in [0, 0.05) is 11.3 Å². The zero-order chi connectivity index (χ0) is 17.6. The van der Waals surface area contributed by atoms with E-state index in [1.165, 1.54) is 11.9 Å². The van der Waals surface area contributed by atoms with E-state index < -0.39 is 0 Å². The van der Waals surface area contributed by atoms with Gasteiger partial charge in [-0.05, 0) is 42.7 Å². The van der Waals surface area contributed by atoms with Crippen molar-refractivity contribution in [3.63, 3.8) is 0 Å². The molecule has 0 fully saturated rings. The van der Waals surface area contributed by atoms with Crippen LogP contribution in [0.4, 0.5) is 0 Å². The van der Waals surface area contributed by atoms with E-state index in [1.54, 1.807) is 11.8 Å². The Labute approximate surface area is 151 Å². The van der Waals surface area contributed by atoms with Crippen molar-refractivity contribution < 1.29 is 4.79 Å². The lowest BCUT2D eigenvalue weighted by molar-refractivity contribution is 0.0940. The molecule has 2 N–H and O–H groups in total. The number of carbonyl (C=O) groups is 1. The van der Waals surface area contributed by atoms with Crippen LogP contribution >= 0.6 is 11.8 Å². The number of nitrogens with one attached hydrogen (secondary N) is 2. The Morgan fingerprint density at radius 3 is 2.64 bits per heavy atom. The Morgan fingerprint density at radius 1 is 1.20 bits per heavy atom. The van der Waals surface area contributed by atoms with E-state index in [-0.39, 0.29) is 11.9 Å². The Bertz CT molecular complexity index is 831. The molecule has 25 heavy (non-hydrogen) atoms. The molecular formula is C19H20N4OS. The number of benzene rings is 2. The van der Waals surface area contributed by atoms with Gasteiger partial charge < -0.3 is 5.32 Å². The zero-order valence-corrected chi connectivity index (χ0v) is 15.0. The van der Waals surface area contributed by atoms with E-state index in [2.05, 4.69) is 33.5 Å². The van der Waals surface area contributed by atoms with Crippen LogP contribution in [-0.2, 0) is 5.75 Å². The van der Waals surface area contributed by atoms with Gasteiger partial charge >= 0.3 is 0 Å². The first-order valence-electron chi connectivity index (χ1n) is 8.07. The molecule has 1 aromatic heterocycles. The normalized spacial score (nSPS) is 11.9. The lowest BCUT2D eigenvalue weighted by Crippen LogP contribution is -2.27. The van der Waals surface area contributed by atoms with Crippen molar-refractivity contribution >= 4 is 17.7 Å². The van der Waals surface area contributed by atoms with Crippen LogP contribution in [0.2, 0.25) is 0 Å². The summed E-state index contributed by atoms with van der Waals surface area (Å²) in [5.74, 6) is 0.710. The highest BCUT2D eigenvalue weighted by Gasteiger charge is 2.13. The molecule has 0 aliphatic heterocycles. The van der Waals surface area contributed by atoms with Crippen molar-refractivity contribution in [2.75, 3.05) is 0 Å². The van der Waals surface area contributed by atoms with Crippen LogP contribution in [0.15, 0.2) is 60.0 Å². The van der Waals surface area contributed by atoms with E-state index in [0.29, 0.717) is 5.56 Å². The van der Waals surface area contributed by atoms with E-state index >= 15 is 0 Å². The predicted octanol–water partition coefficient (Wildman–Crippen LogP) is 3.90. The second-order valence-corrected chi connectivity index (χ2v) is 6.79. The molecule has 0 aliphatic carbocycles. The van der Waals surface area contributed by atoms with E-state index in [1.807, 2.05) is 49.4 Å². The van der Waals surface area contributed by atoms with Crippen LogP contribution in [0.1, 0.15) is 40.0 Å². The summed E-state index contributed by atoms with van der Waals surface area (Å²) in [5.41, 5.74) is 4.10. The van der Waals surface area contributed by atoms with E-state index in [0.717, 1.165) is 22.0 Å². The van der Waals surface area contributed by atoms with Crippen LogP contribution in [0.3, 0.4) is 0 Å². The van der Waals surface area contributed by atoms with Crippen LogP contribution in [0.25, 0.3) is 0 Å². The quantitative estimate of drug-likeness (QED) is 0.660. The van der Waals surface area contributed by atoms with Gasteiger partial charge in [0.2, 0.25) is 0 Å². The van der Waals surface area contributed by atoms with Crippen LogP contribution in [0.5, 0.6) is 0 Å². The summed E-state index contributed by atoms with van der Waals surface area (Å²) in [5, 5.41) is 10.5. The van der Waals surface area contributed by atoms with Gasteiger partial charge in [0.1, 0.15) is 6.33 Å². The standard InChI is InChI=1S/C19H20N4OS/c1-13-5-3-4-6-17(13)14(2)22-18(24)16-9-7-15(8-10-16)11-25-19-20-12-21-23-19/h3-10,12,14H,11H2,1-2H3,(H,22,24)(H,20,21,23)/t14-/m1/s1. The number of aromatic nitrogens is 3. The van der Waals surface area contributed by atoms with Gasteiger partial charge in [-0.1, -0.05) is 48.2 Å². The fourth-order valence-electron chi connectivity index (χ4n) is 2.60. The van der Waals surface area contributed by atoms with Gasteiger partial charge in [0.25, 0.3) is 5.91 Å². The maximum Gasteiger partial charge on any atom is 0.251 e. The first kappa shape index (κ1) is 17.2. The predicted molar refractivity (Wildman–Crippen MR) is 99.4 cm³/mol. The molecule has 0 spiro atoms. The van der Waals surface area contributed by atoms with Crippen molar-refractivity contribution in [2.45, 2.75) is 30.8 Å². The van der Waals surface area contributed by atoms with Gasteiger partial charge in [-0.3, -0.25) is 9.89 Å². The smallest absolute Gasteiger partial charge is 0.251 e. The minimum Gasteiger partial charge on any atom is -0.346 e. The highest BCUT2D eigenvalue weighted by atomic mass is 32.2. The Hall–Kier alpha value is -2.60. The Morgan fingerprint density at radius 2 is 1.96 bits per heavy atom. The molecule has 5 nitrogen and oxygen atoms in total. The van der Waals surface area contributed by atoms with Crippen molar-refractivity contribution in [3.05, 3.63) is 77.1 Å². The number of nitrogens with zero attached hydrogens (tertiary/aromatic N) is 2. The lowest BCUT2D eigenvalue weighted by Gasteiger charge is -2.16. The van der Waals surface area contributed by atoms with Crippen molar-refractivity contribution in [1.29, 1.82) is 0 Å². The largest absolute Gasteiger partial charge is 0.346 e. The van der Waals surface area contributed by atoms with Gasteiger partial charge in [-0.25, -0.2) is 4.98 Å². The summed E-state index contributed by atoms with van der Waals surface area (Å²) >= 11 is 1.57. The summed E-state index contributed by atoms with van der Waals surface area (Å²) in [6.45, 7) is 4.06. The molecule has 0 bridgehead atoms. The fourth-order valence-corrected chi connectivity index (χ4v) is 3.33. The highest BCUT2D eigenvalue weighted by molar-refractivity contribution is 7.98. The monoisotopic (exact) mass is 352 g/mol. The summed E-state index contributed by atoms with van der Waals surface area (Å²) in [7, 11) is 0. The lowest BCUT2D eigenvalue weighted by atomic mass is 10.0. The second kappa shape index (κ2) is 7.98. The maximum atomic E-state index is 12.5. The first-order valence-corrected chi connectivity index (χ1v) is 9.05. The SMILES string of the molecule is Cc1ccccc1[C@@H](C)NC(=O)c1ccc(CSc2ncn[nH]2)cc1. The number of H-pyrrole nitrogens is 1. The number of hydrogen-bond acceptors (Lipinski definition) is 4. The molecule has 128 valence electrons.